The SMILES string of the molecule is O=C(C=Cc1ccc2c(c1)OCO2)N1CCC(Oc2ccc(Cl)cn2)CC1. The minimum absolute atomic E-state index is 0.00395. The summed E-state index contributed by atoms with van der Waals surface area (Å²) in [5.41, 5.74) is 0.902. The lowest BCUT2D eigenvalue weighted by atomic mass is 10.1. The van der Waals surface area contributed by atoms with Gasteiger partial charge >= 0.3 is 0 Å². The number of ether oxygens (including phenoxy) is 3. The fourth-order valence-corrected chi connectivity index (χ4v) is 3.20. The van der Waals surface area contributed by atoms with Gasteiger partial charge in [-0.15, -0.1) is 0 Å². The molecule has 0 atom stereocenters. The lowest BCUT2D eigenvalue weighted by Gasteiger charge is -2.31. The molecule has 7 heteroatoms. The number of aromatic nitrogens is 1. The molecule has 1 aromatic carbocycles. The van der Waals surface area contributed by atoms with Gasteiger partial charge in [0.15, 0.2) is 11.5 Å². The van der Waals surface area contributed by atoms with Crippen molar-refractivity contribution in [3.8, 4) is 17.4 Å². The van der Waals surface area contributed by atoms with Crippen LogP contribution in [0.5, 0.6) is 17.4 Å². The van der Waals surface area contributed by atoms with Crippen molar-refractivity contribution in [2.75, 3.05) is 19.9 Å². The molecule has 0 spiro atoms. The standard InChI is InChI=1S/C20H19ClN2O4/c21-15-3-5-19(22-12-15)27-16-7-9-23(10-8-16)20(24)6-2-14-1-4-17-18(11-14)26-13-25-17/h1-6,11-12,16H,7-10,13H2. The quantitative estimate of drug-likeness (QED) is 0.752. The van der Waals surface area contributed by atoms with E-state index in [2.05, 4.69) is 4.98 Å². The molecule has 2 aliphatic heterocycles. The predicted octanol–water partition coefficient (Wildman–Crippen LogP) is 3.55. The summed E-state index contributed by atoms with van der Waals surface area (Å²) in [5, 5.41) is 0.581. The zero-order chi connectivity index (χ0) is 18.6. The van der Waals surface area contributed by atoms with Crippen molar-refractivity contribution in [1.82, 2.24) is 9.88 Å². The maximum atomic E-state index is 12.4. The second-order valence-electron chi connectivity index (χ2n) is 6.40. The molecule has 2 aliphatic rings. The first kappa shape index (κ1) is 17.7. The molecule has 1 fully saturated rings. The Labute approximate surface area is 162 Å². The molecule has 0 radical (unpaired) electrons. The highest BCUT2D eigenvalue weighted by atomic mass is 35.5. The molecule has 1 saturated heterocycles. The van der Waals surface area contributed by atoms with Crippen LogP contribution < -0.4 is 14.2 Å². The maximum absolute atomic E-state index is 12.4. The third-order valence-electron chi connectivity index (χ3n) is 4.56. The van der Waals surface area contributed by atoms with Gasteiger partial charge in [-0.25, -0.2) is 4.98 Å². The van der Waals surface area contributed by atoms with Crippen molar-refractivity contribution < 1.29 is 19.0 Å². The average Bonchev–Trinajstić information content (AvgIpc) is 3.16. The van der Waals surface area contributed by atoms with Crippen LogP contribution >= 0.6 is 11.6 Å². The van der Waals surface area contributed by atoms with E-state index in [1.807, 2.05) is 23.1 Å². The van der Waals surface area contributed by atoms with Gasteiger partial charge in [-0.2, -0.15) is 0 Å². The second kappa shape index (κ2) is 7.88. The molecule has 2 aromatic rings. The summed E-state index contributed by atoms with van der Waals surface area (Å²) < 4.78 is 16.5. The number of hydrogen-bond acceptors (Lipinski definition) is 5. The van der Waals surface area contributed by atoms with Crippen LogP contribution in [-0.2, 0) is 4.79 Å². The Hall–Kier alpha value is -2.73. The molecule has 0 N–H and O–H groups in total. The number of rotatable bonds is 4. The number of benzene rings is 1. The molecule has 1 amide bonds. The number of halogens is 1. The monoisotopic (exact) mass is 386 g/mol. The molecule has 6 nitrogen and oxygen atoms in total. The molecule has 0 aliphatic carbocycles. The van der Waals surface area contributed by atoms with Gasteiger partial charge in [0.1, 0.15) is 6.10 Å². The average molecular weight is 387 g/mol. The Morgan fingerprint density at radius 1 is 1.19 bits per heavy atom. The normalized spacial score (nSPS) is 16.7. The van der Waals surface area contributed by atoms with E-state index in [9.17, 15) is 4.79 Å². The van der Waals surface area contributed by atoms with Gasteiger partial charge in [-0.3, -0.25) is 4.79 Å². The van der Waals surface area contributed by atoms with Crippen LogP contribution in [0.25, 0.3) is 6.08 Å². The van der Waals surface area contributed by atoms with Crippen LogP contribution in [0.15, 0.2) is 42.6 Å². The molecule has 0 bridgehead atoms. The van der Waals surface area contributed by atoms with Crippen LogP contribution in [0, 0.1) is 0 Å². The maximum Gasteiger partial charge on any atom is 0.246 e. The van der Waals surface area contributed by atoms with Crippen LogP contribution in [0.2, 0.25) is 5.02 Å². The van der Waals surface area contributed by atoms with Crippen molar-refractivity contribution in [2.45, 2.75) is 18.9 Å². The molecular weight excluding hydrogens is 368 g/mol. The van der Waals surface area contributed by atoms with Crippen molar-refractivity contribution >= 4 is 23.6 Å². The first-order valence-electron chi connectivity index (χ1n) is 8.82. The molecule has 27 heavy (non-hydrogen) atoms. The van der Waals surface area contributed by atoms with E-state index in [1.165, 1.54) is 0 Å². The molecule has 3 heterocycles. The Balaban J connectivity index is 1.28. The predicted molar refractivity (Wildman–Crippen MR) is 101 cm³/mol. The number of amides is 1. The highest BCUT2D eigenvalue weighted by Gasteiger charge is 2.23. The zero-order valence-electron chi connectivity index (χ0n) is 14.6. The third kappa shape index (κ3) is 4.34. The fraction of sp³-hybridized carbons (Fsp3) is 0.300. The third-order valence-corrected chi connectivity index (χ3v) is 4.78. The number of carbonyl (C=O) groups excluding carboxylic acids is 1. The summed E-state index contributed by atoms with van der Waals surface area (Å²) in [4.78, 5) is 18.4. The molecule has 140 valence electrons. The Morgan fingerprint density at radius 3 is 2.78 bits per heavy atom. The largest absolute Gasteiger partial charge is 0.474 e. The van der Waals surface area contributed by atoms with E-state index in [0.29, 0.717) is 29.7 Å². The van der Waals surface area contributed by atoms with E-state index in [4.69, 9.17) is 25.8 Å². The minimum atomic E-state index is -0.00395. The van der Waals surface area contributed by atoms with E-state index in [-0.39, 0.29) is 18.8 Å². The summed E-state index contributed by atoms with van der Waals surface area (Å²) in [7, 11) is 0. The molecule has 0 saturated carbocycles. The second-order valence-corrected chi connectivity index (χ2v) is 6.84. The first-order valence-corrected chi connectivity index (χ1v) is 9.20. The number of hydrogen-bond donors (Lipinski definition) is 0. The van der Waals surface area contributed by atoms with Crippen molar-refractivity contribution in [2.24, 2.45) is 0 Å². The number of pyridine rings is 1. The molecule has 0 unspecified atom stereocenters. The van der Waals surface area contributed by atoms with E-state index in [0.717, 1.165) is 24.2 Å². The summed E-state index contributed by atoms with van der Waals surface area (Å²) in [6.45, 7) is 1.55. The van der Waals surface area contributed by atoms with Crippen LogP contribution in [0.1, 0.15) is 18.4 Å². The molecule has 4 rings (SSSR count). The highest BCUT2D eigenvalue weighted by Crippen LogP contribution is 2.32. The number of carbonyl (C=O) groups is 1. The van der Waals surface area contributed by atoms with Crippen LogP contribution in [0.3, 0.4) is 0 Å². The van der Waals surface area contributed by atoms with Crippen LogP contribution in [0.4, 0.5) is 0 Å². The number of fused-ring (bicyclic) bond motifs is 1. The van der Waals surface area contributed by atoms with Gasteiger partial charge in [0.25, 0.3) is 0 Å². The molecular formula is C20H19ClN2O4. The van der Waals surface area contributed by atoms with Gasteiger partial charge in [0.05, 0.1) is 5.02 Å². The van der Waals surface area contributed by atoms with Gasteiger partial charge in [0, 0.05) is 44.3 Å². The summed E-state index contributed by atoms with van der Waals surface area (Å²) >= 11 is 5.83. The highest BCUT2D eigenvalue weighted by molar-refractivity contribution is 6.30. The van der Waals surface area contributed by atoms with Crippen molar-refractivity contribution in [3.05, 3.63) is 53.2 Å². The first-order chi connectivity index (χ1) is 13.2. The van der Waals surface area contributed by atoms with E-state index in [1.54, 1.807) is 30.5 Å². The smallest absolute Gasteiger partial charge is 0.246 e. The lowest BCUT2D eigenvalue weighted by Crippen LogP contribution is -2.41. The van der Waals surface area contributed by atoms with Gasteiger partial charge in [-0.1, -0.05) is 17.7 Å². The van der Waals surface area contributed by atoms with Crippen LogP contribution in [-0.4, -0.2) is 41.8 Å². The Kier molecular flexibility index (Phi) is 5.16. The number of piperidine rings is 1. The van der Waals surface area contributed by atoms with Crippen molar-refractivity contribution in [3.63, 3.8) is 0 Å². The summed E-state index contributed by atoms with van der Waals surface area (Å²) in [6, 6.07) is 9.12. The fourth-order valence-electron chi connectivity index (χ4n) is 3.09. The zero-order valence-corrected chi connectivity index (χ0v) is 15.4. The number of nitrogens with zero attached hydrogens (tertiary/aromatic N) is 2. The Morgan fingerprint density at radius 2 is 2.00 bits per heavy atom. The van der Waals surface area contributed by atoms with Gasteiger partial charge < -0.3 is 19.1 Å². The van der Waals surface area contributed by atoms with Gasteiger partial charge in [-0.05, 0) is 29.8 Å². The molecule has 1 aromatic heterocycles. The van der Waals surface area contributed by atoms with E-state index >= 15 is 0 Å². The van der Waals surface area contributed by atoms with Crippen molar-refractivity contribution in [1.29, 1.82) is 0 Å². The summed E-state index contributed by atoms with van der Waals surface area (Å²) in [5.74, 6) is 2.00. The Bertz CT molecular complexity index is 846. The topological polar surface area (TPSA) is 60.9 Å². The van der Waals surface area contributed by atoms with E-state index < -0.39 is 0 Å². The number of likely N-dealkylation sites (tertiary alicyclic amines) is 1. The lowest BCUT2D eigenvalue weighted by molar-refractivity contribution is -0.127. The summed E-state index contributed by atoms with van der Waals surface area (Å²) in [6.07, 6.45) is 6.56. The minimum Gasteiger partial charge on any atom is -0.474 e. The van der Waals surface area contributed by atoms with Gasteiger partial charge in [0.2, 0.25) is 18.6 Å².